The average Bonchev–Trinajstić information content (AvgIpc) is 2.88. The average molecular weight is 252 g/mol. The molecule has 0 saturated heterocycles. The number of rotatable bonds is 3. The Bertz CT molecular complexity index is 574. The van der Waals surface area contributed by atoms with Crippen molar-refractivity contribution in [3.63, 3.8) is 0 Å². The molecule has 17 heavy (non-hydrogen) atoms. The van der Waals surface area contributed by atoms with Crippen molar-refractivity contribution in [2.24, 2.45) is 0 Å². The first-order valence-electron chi connectivity index (χ1n) is 4.63. The van der Waals surface area contributed by atoms with Gasteiger partial charge < -0.3 is 5.32 Å². The summed E-state index contributed by atoms with van der Waals surface area (Å²) in [5, 5.41) is 19.4. The van der Waals surface area contributed by atoms with Crippen LogP contribution in [-0.2, 0) is 0 Å². The van der Waals surface area contributed by atoms with Gasteiger partial charge in [-0.05, 0) is 13.0 Å². The number of nitrogens with one attached hydrogen (secondary N) is 2. The van der Waals surface area contributed by atoms with Crippen molar-refractivity contribution < 1.29 is 9.72 Å². The van der Waals surface area contributed by atoms with Crippen molar-refractivity contribution in [2.45, 2.75) is 6.92 Å². The number of carbonyl (C=O) groups is 1. The molecule has 0 saturated carbocycles. The van der Waals surface area contributed by atoms with Crippen LogP contribution >= 0.6 is 11.3 Å². The molecule has 2 N–H and O–H groups in total. The summed E-state index contributed by atoms with van der Waals surface area (Å²) >= 11 is 0.831. The molecule has 88 valence electrons. The van der Waals surface area contributed by atoms with Crippen molar-refractivity contribution in [3.05, 3.63) is 38.9 Å². The summed E-state index contributed by atoms with van der Waals surface area (Å²) in [6.45, 7) is 1.79. The minimum atomic E-state index is -0.525. The van der Waals surface area contributed by atoms with E-state index in [4.69, 9.17) is 0 Å². The number of aromatic amines is 1. The van der Waals surface area contributed by atoms with Crippen LogP contribution in [0.5, 0.6) is 0 Å². The van der Waals surface area contributed by atoms with Crippen LogP contribution in [0, 0.1) is 17.0 Å². The fraction of sp³-hybridized carbons (Fsp3) is 0.111. The maximum atomic E-state index is 11.7. The quantitative estimate of drug-likeness (QED) is 0.643. The molecule has 0 spiro atoms. The van der Waals surface area contributed by atoms with Gasteiger partial charge in [-0.25, -0.2) is 0 Å². The van der Waals surface area contributed by atoms with Gasteiger partial charge in [0.1, 0.15) is 5.82 Å². The highest BCUT2D eigenvalue weighted by atomic mass is 32.1. The highest BCUT2D eigenvalue weighted by Gasteiger charge is 2.16. The number of amides is 1. The summed E-state index contributed by atoms with van der Waals surface area (Å²) in [7, 11) is 0. The lowest BCUT2D eigenvalue weighted by atomic mass is 10.3. The smallest absolute Gasteiger partial charge is 0.306 e. The van der Waals surface area contributed by atoms with Crippen molar-refractivity contribution in [2.75, 3.05) is 5.32 Å². The van der Waals surface area contributed by atoms with Crippen molar-refractivity contribution >= 4 is 28.1 Å². The van der Waals surface area contributed by atoms with Crippen LogP contribution in [0.3, 0.4) is 0 Å². The Morgan fingerprint density at radius 3 is 2.88 bits per heavy atom. The van der Waals surface area contributed by atoms with Crippen LogP contribution in [0.2, 0.25) is 0 Å². The molecule has 2 heterocycles. The topological polar surface area (TPSA) is 101 Å². The Hall–Kier alpha value is -2.22. The van der Waals surface area contributed by atoms with Gasteiger partial charge in [0.15, 0.2) is 0 Å². The molecule has 0 fully saturated rings. The molecule has 0 aliphatic carbocycles. The Balaban J connectivity index is 2.15. The van der Waals surface area contributed by atoms with Gasteiger partial charge in [0.2, 0.25) is 0 Å². The van der Waals surface area contributed by atoms with E-state index in [1.165, 1.54) is 12.1 Å². The lowest BCUT2D eigenvalue weighted by Gasteiger charge is -2.00. The zero-order valence-corrected chi connectivity index (χ0v) is 9.58. The molecule has 0 atom stereocenters. The minimum Gasteiger partial charge on any atom is -0.306 e. The molecule has 1 amide bonds. The van der Waals surface area contributed by atoms with Crippen molar-refractivity contribution in [1.82, 2.24) is 10.2 Å². The van der Waals surface area contributed by atoms with E-state index in [9.17, 15) is 14.9 Å². The maximum Gasteiger partial charge on any atom is 0.324 e. The second-order valence-electron chi connectivity index (χ2n) is 3.28. The van der Waals surface area contributed by atoms with E-state index in [2.05, 4.69) is 15.5 Å². The minimum absolute atomic E-state index is 0.0588. The number of thiophene rings is 1. The summed E-state index contributed by atoms with van der Waals surface area (Å²) in [5.74, 6) is 0.0986. The van der Waals surface area contributed by atoms with Crippen LogP contribution in [0.15, 0.2) is 18.3 Å². The largest absolute Gasteiger partial charge is 0.324 e. The molecular formula is C9H8N4O3S. The number of H-pyrrole nitrogens is 1. The summed E-state index contributed by atoms with van der Waals surface area (Å²) in [4.78, 5) is 22.0. The molecule has 0 aliphatic rings. The zero-order chi connectivity index (χ0) is 12.4. The molecule has 0 aliphatic heterocycles. The molecule has 8 heteroatoms. The lowest BCUT2D eigenvalue weighted by molar-refractivity contribution is -0.380. The Kier molecular flexibility index (Phi) is 2.88. The van der Waals surface area contributed by atoms with Gasteiger partial charge in [-0.2, -0.15) is 5.10 Å². The first kappa shape index (κ1) is 11.3. The molecule has 0 bridgehead atoms. The van der Waals surface area contributed by atoms with E-state index in [0.29, 0.717) is 5.82 Å². The number of nitrogens with zero attached hydrogens (tertiary/aromatic N) is 2. The summed E-state index contributed by atoms with van der Waals surface area (Å²) < 4.78 is 0. The second-order valence-corrected chi connectivity index (χ2v) is 4.34. The highest BCUT2D eigenvalue weighted by molar-refractivity contribution is 7.17. The van der Waals surface area contributed by atoms with Crippen LogP contribution in [0.4, 0.5) is 10.8 Å². The van der Waals surface area contributed by atoms with Gasteiger partial charge in [-0.3, -0.25) is 20.0 Å². The molecular weight excluding hydrogens is 244 g/mol. The third-order valence-corrected chi connectivity index (χ3v) is 3.10. The number of carbonyl (C=O) groups excluding carboxylic acids is 1. The van der Waals surface area contributed by atoms with Crippen LogP contribution in [0.1, 0.15) is 15.2 Å². The summed E-state index contributed by atoms with van der Waals surface area (Å²) in [6.07, 6.45) is 1.58. The Morgan fingerprint density at radius 1 is 1.59 bits per heavy atom. The summed E-state index contributed by atoms with van der Waals surface area (Å²) in [5.41, 5.74) is 0.796. The third kappa shape index (κ3) is 2.31. The van der Waals surface area contributed by atoms with Gasteiger partial charge in [-0.1, -0.05) is 11.3 Å². The third-order valence-electron chi connectivity index (χ3n) is 2.06. The Morgan fingerprint density at radius 2 is 2.35 bits per heavy atom. The number of hydrogen-bond donors (Lipinski definition) is 2. The van der Waals surface area contributed by atoms with Crippen molar-refractivity contribution in [3.8, 4) is 0 Å². The van der Waals surface area contributed by atoms with Gasteiger partial charge in [0.25, 0.3) is 5.91 Å². The molecule has 2 aromatic rings. The molecule has 7 nitrogen and oxygen atoms in total. The van der Waals surface area contributed by atoms with E-state index in [1.807, 2.05) is 0 Å². The Labute approximate surface area is 99.6 Å². The van der Waals surface area contributed by atoms with Crippen LogP contribution < -0.4 is 5.32 Å². The maximum absolute atomic E-state index is 11.7. The number of nitro groups is 1. The van der Waals surface area contributed by atoms with Crippen molar-refractivity contribution in [1.29, 1.82) is 0 Å². The molecule has 2 aromatic heterocycles. The van der Waals surface area contributed by atoms with E-state index in [1.54, 1.807) is 13.1 Å². The summed E-state index contributed by atoms with van der Waals surface area (Å²) in [6, 6.07) is 2.73. The van der Waals surface area contributed by atoms with Gasteiger partial charge >= 0.3 is 5.00 Å². The SMILES string of the molecule is Cc1cn[nH]c1NC(=O)c1ccc([N+](=O)[O-])s1. The van der Waals surface area contributed by atoms with E-state index in [0.717, 1.165) is 16.9 Å². The molecule has 0 unspecified atom stereocenters. The van der Waals surface area contributed by atoms with Crippen LogP contribution in [0.25, 0.3) is 0 Å². The van der Waals surface area contributed by atoms with E-state index < -0.39 is 10.8 Å². The second kappa shape index (κ2) is 4.34. The fourth-order valence-corrected chi connectivity index (χ4v) is 1.91. The number of aromatic nitrogens is 2. The molecule has 2 rings (SSSR count). The fourth-order valence-electron chi connectivity index (χ4n) is 1.20. The normalized spacial score (nSPS) is 10.2. The number of aryl methyl sites for hydroxylation is 1. The predicted octanol–water partition coefficient (Wildman–Crippen LogP) is 1.94. The van der Waals surface area contributed by atoms with Crippen LogP contribution in [-0.4, -0.2) is 21.0 Å². The van der Waals surface area contributed by atoms with E-state index >= 15 is 0 Å². The van der Waals surface area contributed by atoms with Gasteiger partial charge in [-0.15, -0.1) is 0 Å². The van der Waals surface area contributed by atoms with Gasteiger partial charge in [0.05, 0.1) is 16.0 Å². The lowest BCUT2D eigenvalue weighted by Crippen LogP contribution is -2.11. The predicted molar refractivity (Wildman–Crippen MR) is 62.3 cm³/mol. The number of anilines is 1. The number of hydrogen-bond acceptors (Lipinski definition) is 5. The zero-order valence-electron chi connectivity index (χ0n) is 8.76. The standard InChI is InChI=1S/C9H8N4O3S/c1-5-4-10-12-8(5)11-9(14)6-2-3-7(17-6)13(15)16/h2-4H,1H3,(H2,10,11,12,14). The first-order chi connectivity index (χ1) is 8.08. The molecule has 0 radical (unpaired) electrons. The highest BCUT2D eigenvalue weighted by Crippen LogP contribution is 2.24. The van der Waals surface area contributed by atoms with E-state index in [-0.39, 0.29) is 9.88 Å². The van der Waals surface area contributed by atoms with Gasteiger partial charge in [0, 0.05) is 11.6 Å². The first-order valence-corrected chi connectivity index (χ1v) is 5.45. The molecule has 0 aromatic carbocycles. The monoisotopic (exact) mass is 252 g/mol.